The van der Waals surface area contributed by atoms with Gasteiger partial charge in [-0.15, -0.1) is 0 Å². The topological polar surface area (TPSA) is 30.2 Å². The van der Waals surface area contributed by atoms with Crippen molar-refractivity contribution in [2.75, 3.05) is 0 Å². The molecule has 4 heteroatoms. The van der Waals surface area contributed by atoms with Crippen LogP contribution in [0.1, 0.15) is 40.0 Å². The van der Waals surface area contributed by atoms with Crippen LogP contribution in [0.25, 0.3) is 10.2 Å². The number of rotatable bonds is 4. The summed E-state index contributed by atoms with van der Waals surface area (Å²) in [5.74, 6) is 1.61. The van der Waals surface area contributed by atoms with E-state index in [0.29, 0.717) is 24.3 Å². The van der Waals surface area contributed by atoms with E-state index in [0.717, 1.165) is 11.9 Å². The van der Waals surface area contributed by atoms with E-state index in [1.54, 1.807) is 11.3 Å². The molecule has 1 aromatic heterocycles. The van der Waals surface area contributed by atoms with Gasteiger partial charge in [-0.05, 0) is 36.7 Å². The SMILES string of the molecule is CC(C)[C@H]1CC[C@@H](C)C[C@H]1OC(=O)C[n+]1csc2ccccc21. The molecule has 1 aliphatic carbocycles. The fourth-order valence-electron chi connectivity index (χ4n) is 3.69. The fourth-order valence-corrected chi connectivity index (χ4v) is 4.58. The first-order chi connectivity index (χ1) is 11.0. The standard InChI is InChI=1S/C19H26NO2S/c1-13(2)15-9-8-14(3)10-17(15)22-19(21)11-20-12-23-18-7-5-4-6-16(18)20/h4-7,12-15,17H,8-11H2,1-3H3/q+1/t14-,15-,17-/m1/s1. The van der Waals surface area contributed by atoms with Crippen molar-refractivity contribution in [3.05, 3.63) is 29.8 Å². The summed E-state index contributed by atoms with van der Waals surface area (Å²) in [7, 11) is 0. The number of ether oxygens (including phenoxy) is 1. The van der Waals surface area contributed by atoms with Gasteiger partial charge < -0.3 is 4.74 Å². The second-order valence-corrected chi connectivity index (χ2v) is 8.06. The Morgan fingerprint density at radius 3 is 2.91 bits per heavy atom. The number of thiazole rings is 1. The van der Waals surface area contributed by atoms with Gasteiger partial charge in [0.2, 0.25) is 17.6 Å². The quantitative estimate of drug-likeness (QED) is 0.621. The minimum absolute atomic E-state index is 0.0803. The molecule has 124 valence electrons. The number of hydrogen-bond acceptors (Lipinski definition) is 3. The molecule has 0 amide bonds. The van der Waals surface area contributed by atoms with Gasteiger partial charge in [-0.3, -0.25) is 0 Å². The smallest absolute Gasteiger partial charge is 0.373 e. The van der Waals surface area contributed by atoms with Gasteiger partial charge in [0, 0.05) is 6.07 Å². The summed E-state index contributed by atoms with van der Waals surface area (Å²) < 4.78 is 9.10. The fraction of sp³-hybridized carbons (Fsp3) is 0.579. The van der Waals surface area contributed by atoms with E-state index < -0.39 is 0 Å². The maximum Gasteiger partial charge on any atom is 0.373 e. The Labute approximate surface area is 142 Å². The van der Waals surface area contributed by atoms with Gasteiger partial charge in [0.15, 0.2) is 0 Å². The Balaban J connectivity index is 1.68. The number of carbonyl (C=O) groups is 1. The lowest BCUT2D eigenvalue weighted by Gasteiger charge is -2.36. The van der Waals surface area contributed by atoms with E-state index in [4.69, 9.17) is 4.74 Å². The van der Waals surface area contributed by atoms with E-state index in [9.17, 15) is 4.79 Å². The van der Waals surface area contributed by atoms with Crippen LogP contribution < -0.4 is 4.57 Å². The Morgan fingerprint density at radius 2 is 2.13 bits per heavy atom. The molecular formula is C19H26NO2S+. The van der Waals surface area contributed by atoms with Crippen molar-refractivity contribution >= 4 is 27.5 Å². The van der Waals surface area contributed by atoms with E-state index in [1.807, 2.05) is 22.2 Å². The minimum atomic E-state index is -0.108. The summed E-state index contributed by atoms with van der Waals surface area (Å²) in [5.41, 5.74) is 3.11. The highest BCUT2D eigenvalue weighted by molar-refractivity contribution is 7.16. The molecular weight excluding hydrogens is 306 g/mol. The van der Waals surface area contributed by atoms with Crippen LogP contribution in [0.2, 0.25) is 0 Å². The lowest BCUT2D eigenvalue weighted by Crippen LogP contribution is -2.41. The summed E-state index contributed by atoms with van der Waals surface area (Å²) in [5, 5.41) is 0. The number of nitrogens with zero attached hydrogens (tertiary/aromatic N) is 1. The minimum Gasteiger partial charge on any atom is -0.457 e. The molecule has 0 spiro atoms. The molecule has 0 aliphatic heterocycles. The van der Waals surface area contributed by atoms with Crippen molar-refractivity contribution in [3.8, 4) is 0 Å². The molecule has 3 nitrogen and oxygen atoms in total. The van der Waals surface area contributed by atoms with Crippen molar-refractivity contribution in [1.82, 2.24) is 0 Å². The number of benzene rings is 1. The molecule has 0 unspecified atom stereocenters. The number of hydrogen-bond donors (Lipinski definition) is 0. The van der Waals surface area contributed by atoms with Gasteiger partial charge in [-0.2, -0.15) is 4.57 Å². The van der Waals surface area contributed by atoms with Gasteiger partial charge in [0.05, 0.1) is 0 Å². The van der Waals surface area contributed by atoms with E-state index in [1.165, 1.54) is 17.5 Å². The highest BCUT2D eigenvalue weighted by Gasteiger charge is 2.34. The molecule has 0 radical (unpaired) electrons. The van der Waals surface area contributed by atoms with Crippen molar-refractivity contribution in [2.45, 2.75) is 52.7 Å². The highest BCUT2D eigenvalue weighted by Crippen LogP contribution is 2.35. The Morgan fingerprint density at radius 1 is 1.35 bits per heavy atom. The molecule has 1 aliphatic rings. The second-order valence-electron chi connectivity index (χ2n) is 7.17. The molecule has 1 saturated carbocycles. The zero-order chi connectivity index (χ0) is 16.4. The number of fused-ring (bicyclic) bond motifs is 1. The summed E-state index contributed by atoms with van der Waals surface area (Å²) >= 11 is 1.66. The van der Waals surface area contributed by atoms with Crippen LogP contribution >= 0.6 is 11.3 Å². The van der Waals surface area contributed by atoms with Crippen LogP contribution in [0.4, 0.5) is 0 Å². The predicted molar refractivity (Wildman–Crippen MR) is 93.2 cm³/mol. The zero-order valence-electron chi connectivity index (χ0n) is 14.2. The zero-order valence-corrected chi connectivity index (χ0v) is 15.0. The first-order valence-electron chi connectivity index (χ1n) is 8.59. The third-order valence-electron chi connectivity index (χ3n) is 5.03. The van der Waals surface area contributed by atoms with Gasteiger partial charge in [0.25, 0.3) is 0 Å². The molecule has 1 heterocycles. The van der Waals surface area contributed by atoms with Gasteiger partial charge in [-0.1, -0.05) is 50.7 Å². The van der Waals surface area contributed by atoms with Crippen LogP contribution in [-0.4, -0.2) is 12.1 Å². The summed E-state index contributed by atoms with van der Waals surface area (Å²) in [6, 6.07) is 8.17. The molecule has 1 fully saturated rings. The van der Waals surface area contributed by atoms with Crippen molar-refractivity contribution in [3.63, 3.8) is 0 Å². The lowest BCUT2D eigenvalue weighted by atomic mass is 9.75. The monoisotopic (exact) mass is 332 g/mol. The average molecular weight is 332 g/mol. The van der Waals surface area contributed by atoms with E-state index in [2.05, 4.69) is 32.9 Å². The lowest BCUT2D eigenvalue weighted by molar-refractivity contribution is -0.656. The van der Waals surface area contributed by atoms with Crippen LogP contribution in [0.5, 0.6) is 0 Å². The van der Waals surface area contributed by atoms with Crippen LogP contribution in [0, 0.1) is 17.8 Å². The van der Waals surface area contributed by atoms with Crippen molar-refractivity contribution in [2.24, 2.45) is 17.8 Å². The maximum absolute atomic E-state index is 12.5. The van der Waals surface area contributed by atoms with Gasteiger partial charge in [0.1, 0.15) is 10.8 Å². The normalized spacial score (nSPS) is 25.0. The number of para-hydroxylation sites is 1. The number of esters is 1. The first kappa shape index (κ1) is 16.4. The summed E-state index contributed by atoms with van der Waals surface area (Å²) in [4.78, 5) is 12.5. The molecule has 0 N–H and O–H groups in total. The van der Waals surface area contributed by atoms with Crippen molar-refractivity contribution in [1.29, 1.82) is 0 Å². The number of aromatic nitrogens is 1. The van der Waals surface area contributed by atoms with Gasteiger partial charge >= 0.3 is 5.97 Å². The maximum atomic E-state index is 12.5. The van der Waals surface area contributed by atoms with Gasteiger partial charge in [-0.25, -0.2) is 4.79 Å². The Hall–Kier alpha value is -1.42. The Bertz CT molecular complexity index is 679. The first-order valence-corrected chi connectivity index (χ1v) is 9.47. The Kier molecular flexibility index (Phi) is 5.00. The summed E-state index contributed by atoms with van der Waals surface area (Å²) in [6.07, 6.45) is 3.51. The third kappa shape index (κ3) is 3.74. The molecule has 1 aromatic carbocycles. The largest absolute Gasteiger partial charge is 0.457 e. The van der Waals surface area contributed by atoms with Crippen LogP contribution in [0.15, 0.2) is 29.8 Å². The van der Waals surface area contributed by atoms with E-state index >= 15 is 0 Å². The molecule has 3 rings (SSSR count). The highest BCUT2D eigenvalue weighted by atomic mass is 32.1. The summed E-state index contributed by atoms with van der Waals surface area (Å²) in [6.45, 7) is 7.05. The predicted octanol–water partition coefficient (Wildman–Crippen LogP) is 4.19. The molecule has 3 atom stereocenters. The molecule has 0 bridgehead atoms. The van der Waals surface area contributed by atoms with Crippen LogP contribution in [-0.2, 0) is 16.1 Å². The van der Waals surface area contributed by atoms with Crippen LogP contribution in [0.3, 0.4) is 0 Å². The van der Waals surface area contributed by atoms with E-state index in [-0.39, 0.29) is 12.1 Å². The number of carbonyl (C=O) groups excluding carboxylic acids is 1. The second kappa shape index (κ2) is 7.00. The van der Waals surface area contributed by atoms with Crippen molar-refractivity contribution < 1.29 is 14.1 Å². The third-order valence-corrected chi connectivity index (χ3v) is 5.98. The molecule has 0 saturated heterocycles. The average Bonchev–Trinajstić information content (AvgIpc) is 2.90. The molecule has 23 heavy (non-hydrogen) atoms. The molecule has 2 aromatic rings.